The van der Waals surface area contributed by atoms with E-state index in [2.05, 4.69) is 0 Å². The average Bonchev–Trinajstić information content (AvgIpc) is 3.43. The van der Waals surface area contributed by atoms with Crippen LogP contribution in [0.15, 0.2) is 80.6 Å². The lowest BCUT2D eigenvalue weighted by molar-refractivity contribution is -0.138. The van der Waals surface area contributed by atoms with E-state index in [0.29, 0.717) is 0 Å². The third-order valence-electron chi connectivity index (χ3n) is 5.26. The normalized spacial score (nSPS) is 14.0. The Hall–Kier alpha value is -4.46. The van der Waals surface area contributed by atoms with Gasteiger partial charge in [0.1, 0.15) is 11.6 Å². The van der Waals surface area contributed by atoms with Gasteiger partial charge in [0, 0.05) is 0 Å². The van der Waals surface area contributed by atoms with E-state index < -0.39 is 29.3 Å². The minimum Gasteiger partial charge on any atom is -0.461 e. The van der Waals surface area contributed by atoms with Gasteiger partial charge in [-0.15, -0.1) is 0 Å². The van der Waals surface area contributed by atoms with Gasteiger partial charge in [-0.1, -0.05) is 24.3 Å². The molecule has 0 saturated carbocycles. The van der Waals surface area contributed by atoms with Gasteiger partial charge in [0.15, 0.2) is 5.76 Å². The molecule has 8 heteroatoms. The van der Waals surface area contributed by atoms with Crippen LogP contribution in [0, 0.1) is 0 Å². The number of furan rings is 1. The predicted octanol–water partition coefficient (Wildman–Crippen LogP) is 3.64. The lowest BCUT2D eigenvalue weighted by Gasteiger charge is -2.21. The van der Waals surface area contributed by atoms with Crippen molar-refractivity contribution >= 4 is 28.8 Å². The zero-order valence-corrected chi connectivity index (χ0v) is 16.7. The van der Waals surface area contributed by atoms with Crippen molar-refractivity contribution in [1.29, 1.82) is 0 Å². The molecule has 8 nitrogen and oxygen atoms in total. The number of benzene rings is 2. The summed E-state index contributed by atoms with van der Waals surface area (Å²) in [7, 11) is 0. The van der Waals surface area contributed by atoms with E-state index in [-0.39, 0.29) is 39.4 Å². The molecule has 0 fully saturated rings. The van der Waals surface area contributed by atoms with Crippen LogP contribution in [-0.2, 0) is 4.79 Å². The van der Waals surface area contributed by atoms with Crippen LogP contribution >= 0.6 is 0 Å². The zero-order chi connectivity index (χ0) is 22.4. The molecule has 0 spiro atoms. The van der Waals surface area contributed by atoms with Gasteiger partial charge in [-0.2, -0.15) is 0 Å². The Labute approximate surface area is 180 Å². The summed E-state index contributed by atoms with van der Waals surface area (Å²) in [5, 5.41) is 0.207. The summed E-state index contributed by atoms with van der Waals surface area (Å²) in [6.07, 6.45) is 1.39. The molecule has 0 radical (unpaired) electrons. The molecule has 0 unspecified atom stereocenters. The number of fused-ring (bicyclic) bond motifs is 2. The molecule has 1 atom stereocenters. The number of carbonyl (C=O) groups is 3. The van der Waals surface area contributed by atoms with Crippen molar-refractivity contribution in [3.8, 4) is 17.3 Å². The van der Waals surface area contributed by atoms with E-state index in [4.69, 9.17) is 13.6 Å². The molecule has 0 N–H and O–H groups in total. The number of rotatable bonds is 4. The lowest BCUT2D eigenvalue weighted by atomic mass is 10.1. The number of para-hydroxylation sites is 1. The quantitative estimate of drug-likeness (QED) is 0.360. The summed E-state index contributed by atoms with van der Waals surface area (Å²) in [6, 6.07) is 14.7. The molecule has 158 valence electrons. The number of esters is 1. The average molecular weight is 429 g/mol. The van der Waals surface area contributed by atoms with E-state index in [1.165, 1.54) is 31.4 Å². The first-order valence-corrected chi connectivity index (χ1v) is 9.75. The first-order valence-electron chi connectivity index (χ1n) is 9.75. The summed E-state index contributed by atoms with van der Waals surface area (Å²) in [5.41, 5.74) is 0.121. The summed E-state index contributed by atoms with van der Waals surface area (Å²) in [6.45, 7) is 1.36. The lowest BCUT2D eigenvalue weighted by Crippen LogP contribution is -2.45. The number of ether oxygens (including phenoxy) is 1. The van der Waals surface area contributed by atoms with Gasteiger partial charge < -0.3 is 13.6 Å². The highest BCUT2D eigenvalue weighted by Crippen LogP contribution is 2.32. The van der Waals surface area contributed by atoms with Crippen molar-refractivity contribution < 1.29 is 28.0 Å². The van der Waals surface area contributed by atoms with Crippen molar-refractivity contribution in [2.24, 2.45) is 0 Å². The van der Waals surface area contributed by atoms with Gasteiger partial charge >= 0.3 is 5.97 Å². The van der Waals surface area contributed by atoms with E-state index in [1.807, 2.05) is 0 Å². The van der Waals surface area contributed by atoms with E-state index >= 15 is 0 Å². The molecule has 1 aliphatic heterocycles. The Morgan fingerprint density at radius 1 is 0.906 bits per heavy atom. The molecule has 2 aromatic carbocycles. The standard InChI is InChI=1S/C24H15NO7/c1-13(25-22(27)14-7-2-3-8-15(14)23(25)28)24(29)32-21-19(26)16-9-4-5-10-17(16)31-20(21)18-11-6-12-30-18/h2-13H,1H3/t13-/m1/s1. The molecule has 1 aliphatic rings. The second kappa shape index (κ2) is 7.35. The molecule has 0 aliphatic carbocycles. The highest BCUT2D eigenvalue weighted by molar-refractivity contribution is 6.22. The smallest absolute Gasteiger partial charge is 0.334 e. The fraction of sp³-hybridized carbons (Fsp3) is 0.0833. The van der Waals surface area contributed by atoms with Gasteiger partial charge in [0.2, 0.25) is 16.9 Å². The second-order valence-electron chi connectivity index (χ2n) is 7.19. The largest absolute Gasteiger partial charge is 0.461 e. The van der Waals surface area contributed by atoms with Crippen molar-refractivity contribution in [3.63, 3.8) is 0 Å². The molecule has 0 bridgehead atoms. The number of amides is 2. The topological polar surface area (TPSA) is 107 Å². The van der Waals surface area contributed by atoms with Crippen LogP contribution in [0.3, 0.4) is 0 Å². The summed E-state index contributed by atoms with van der Waals surface area (Å²) >= 11 is 0. The summed E-state index contributed by atoms with van der Waals surface area (Å²) < 4.78 is 16.6. The minimum atomic E-state index is -1.28. The fourth-order valence-corrected chi connectivity index (χ4v) is 3.64. The van der Waals surface area contributed by atoms with Crippen molar-refractivity contribution in [2.75, 3.05) is 0 Å². The number of imide groups is 1. The maximum absolute atomic E-state index is 13.1. The zero-order valence-electron chi connectivity index (χ0n) is 16.7. The third-order valence-corrected chi connectivity index (χ3v) is 5.26. The fourth-order valence-electron chi connectivity index (χ4n) is 3.64. The first-order chi connectivity index (χ1) is 15.5. The Kier molecular flexibility index (Phi) is 4.48. The molecule has 5 rings (SSSR count). The Balaban J connectivity index is 1.54. The Bertz CT molecular complexity index is 1410. The monoisotopic (exact) mass is 429 g/mol. The summed E-state index contributed by atoms with van der Waals surface area (Å²) in [5.74, 6) is -2.44. The molecule has 0 saturated heterocycles. The van der Waals surface area contributed by atoms with Crippen molar-refractivity contribution in [1.82, 2.24) is 4.90 Å². The van der Waals surface area contributed by atoms with Crippen molar-refractivity contribution in [2.45, 2.75) is 13.0 Å². The van der Waals surface area contributed by atoms with Gasteiger partial charge in [0.05, 0.1) is 22.8 Å². The highest BCUT2D eigenvalue weighted by atomic mass is 16.5. The van der Waals surface area contributed by atoms with E-state index in [0.717, 1.165) is 4.90 Å². The molecular weight excluding hydrogens is 414 g/mol. The number of hydrogen-bond donors (Lipinski definition) is 0. The summed E-state index contributed by atoms with van der Waals surface area (Å²) in [4.78, 5) is 52.3. The number of nitrogens with zero attached hydrogens (tertiary/aromatic N) is 1. The Morgan fingerprint density at radius 3 is 2.22 bits per heavy atom. The van der Waals surface area contributed by atoms with Crippen LogP contribution in [-0.4, -0.2) is 28.7 Å². The van der Waals surface area contributed by atoms with Crippen LogP contribution in [0.2, 0.25) is 0 Å². The number of hydrogen-bond acceptors (Lipinski definition) is 7. The Morgan fingerprint density at radius 2 is 1.56 bits per heavy atom. The van der Waals surface area contributed by atoms with Crippen LogP contribution in [0.5, 0.6) is 5.75 Å². The maximum atomic E-state index is 13.1. The van der Waals surface area contributed by atoms with Gasteiger partial charge in [-0.25, -0.2) is 4.79 Å². The maximum Gasteiger partial charge on any atom is 0.334 e. The van der Waals surface area contributed by atoms with Crippen LogP contribution < -0.4 is 10.2 Å². The third kappa shape index (κ3) is 2.92. The molecule has 3 heterocycles. The van der Waals surface area contributed by atoms with Crippen LogP contribution in [0.4, 0.5) is 0 Å². The molecule has 2 aromatic heterocycles. The van der Waals surface area contributed by atoms with Gasteiger partial charge in [0.25, 0.3) is 11.8 Å². The van der Waals surface area contributed by atoms with Crippen LogP contribution in [0.25, 0.3) is 22.5 Å². The molecule has 32 heavy (non-hydrogen) atoms. The van der Waals surface area contributed by atoms with Gasteiger partial charge in [-0.05, 0) is 43.3 Å². The van der Waals surface area contributed by atoms with Crippen LogP contribution in [0.1, 0.15) is 27.6 Å². The minimum absolute atomic E-state index is 0.0680. The molecule has 2 amide bonds. The molecule has 4 aromatic rings. The SMILES string of the molecule is C[C@H](C(=O)Oc1c(-c2ccco2)oc2ccccc2c1=O)N1C(=O)c2ccccc2C1=O. The van der Waals surface area contributed by atoms with E-state index in [1.54, 1.807) is 42.5 Å². The van der Waals surface area contributed by atoms with E-state index in [9.17, 15) is 19.2 Å². The first kappa shape index (κ1) is 19.5. The van der Waals surface area contributed by atoms with Crippen molar-refractivity contribution in [3.05, 3.63) is 88.3 Å². The predicted molar refractivity (Wildman–Crippen MR) is 112 cm³/mol. The number of carbonyl (C=O) groups excluding carboxylic acids is 3. The van der Waals surface area contributed by atoms with Gasteiger partial charge in [-0.3, -0.25) is 19.3 Å². The second-order valence-corrected chi connectivity index (χ2v) is 7.19. The molecular formula is C24H15NO7. The highest BCUT2D eigenvalue weighted by Gasteiger charge is 2.41.